The monoisotopic (exact) mass is 470 g/mol. The minimum Gasteiger partial charge on any atom is -0.322 e. The van der Waals surface area contributed by atoms with Crippen LogP contribution in [0.3, 0.4) is 0 Å². The molecular formula is C28H34N6O. The molecule has 0 unspecified atom stereocenters. The molecule has 1 saturated carbocycles. The molecule has 5 rings (SSSR count). The van der Waals surface area contributed by atoms with Crippen LogP contribution < -0.4 is 5.56 Å². The molecule has 1 fully saturated rings. The summed E-state index contributed by atoms with van der Waals surface area (Å²) in [5.74, 6) is 0.885. The first-order valence-electron chi connectivity index (χ1n) is 12.8. The number of hydrogen-bond acceptors (Lipinski definition) is 5. The van der Waals surface area contributed by atoms with Gasteiger partial charge in [0.1, 0.15) is 0 Å². The second-order valence-electron chi connectivity index (χ2n) is 9.81. The summed E-state index contributed by atoms with van der Waals surface area (Å²) in [5.41, 5.74) is 4.03. The number of fused-ring (bicyclic) bond motifs is 1. The maximum absolute atomic E-state index is 13.1. The van der Waals surface area contributed by atoms with Crippen molar-refractivity contribution in [3.8, 4) is 0 Å². The first-order chi connectivity index (χ1) is 17.1. The molecule has 2 aromatic carbocycles. The van der Waals surface area contributed by atoms with Gasteiger partial charge in [0.2, 0.25) is 0 Å². The summed E-state index contributed by atoms with van der Waals surface area (Å²) in [4.78, 5) is 18.7. The van der Waals surface area contributed by atoms with E-state index < -0.39 is 0 Å². The van der Waals surface area contributed by atoms with Crippen LogP contribution in [-0.2, 0) is 13.1 Å². The Bertz CT molecular complexity index is 1320. The van der Waals surface area contributed by atoms with Crippen molar-refractivity contribution in [3.05, 3.63) is 87.5 Å². The summed E-state index contributed by atoms with van der Waals surface area (Å²) in [6.07, 6.45) is 6.69. The summed E-state index contributed by atoms with van der Waals surface area (Å²) < 4.78 is 1.94. The molecule has 0 saturated heterocycles. The third kappa shape index (κ3) is 5.20. The predicted octanol–water partition coefficient (Wildman–Crippen LogP) is 5.16. The molecule has 0 spiro atoms. The van der Waals surface area contributed by atoms with E-state index in [1.54, 1.807) is 0 Å². The Hall–Kier alpha value is -3.32. The van der Waals surface area contributed by atoms with Crippen LogP contribution in [-0.4, -0.2) is 36.1 Å². The predicted molar refractivity (Wildman–Crippen MR) is 138 cm³/mol. The Labute approximate surface area is 206 Å². The molecule has 182 valence electrons. The van der Waals surface area contributed by atoms with Gasteiger partial charge in [-0.25, -0.2) is 4.68 Å². The van der Waals surface area contributed by atoms with Crippen molar-refractivity contribution in [2.45, 2.75) is 77.5 Å². The van der Waals surface area contributed by atoms with Crippen LogP contribution in [0.1, 0.15) is 74.0 Å². The molecule has 2 heterocycles. The average molecular weight is 471 g/mol. The molecule has 1 aliphatic rings. The van der Waals surface area contributed by atoms with E-state index in [0.717, 1.165) is 48.0 Å². The van der Waals surface area contributed by atoms with Gasteiger partial charge in [-0.1, -0.05) is 68.1 Å². The van der Waals surface area contributed by atoms with Gasteiger partial charge in [0.15, 0.2) is 5.82 Å². The summed E-state index contributed by atoms with van der Waals surface area (Å²) in [5, 5.41) is 14.0. The Morgan fingerprint density at radius 2 is 1.91 bits per heavy atom. The first-order valence-corrected chi connectivity index (χ1v) is 12.8. The topological polar surface area (TPSA) is 79.7 Å². The molecule has 7 heteroatoms. The SMILES string of the molecule is CCC[C@@H](c1nnnn1Cc1ccccc1)N(Cc1cc2cc(C)ccc2[nH]c1=O)C1CCCC1. The fourth-order valence-corrected chi connectivity index (χ4v) is 5.45. The number of aromatic amines is 1. The van der Waals surface area contributed by atoms with Crippen LogP contribution in [0.15, 0.2) is 59.4 Å². The smallest absolute Gasteiger partial charge is 0.252 e. The van der Waals surface area contributed by atoms with E-state index in [9.17, 15) is 4.79 Å². The molecule has 35 heavy (non-hydrogen) atoms. The van der Waals surface area contributed by atoms with Crippen molar-refractivity contribution >= 4 is 10.9 Å². The van der Waals surface area contributed by atoms with Gasteiger partial charge in [0.25, 0.3) is 5.56 Å². The van der Waals surface area contributed by atoms with E-state index in [2.05, 4.69) is 63.5 Å². The second kappa shape index (κ2) is 10.5. The zero-order valence-electron chi connectivity index (χ0n) is 20.7. The lowest BCUT2D eigenvalue weighted by atomic mass is 10.0. The normalized spacial score (nSPS) is 15.3. The fraction of sp³-hybridized carbons (Fsp3) is 0.429. The Kier molecular flexibility index (Phi) is 7.04. The van der Waals surface area contributed by atoms with Gasteiger partial charge >= 0.3 is 0 Å². The molecule has 7 nitrogen and oxygen atoms in total. The minimum absolute atomic E-state index is 0.0107. The van der Waals surface area contributed by atoms with E-state index in [4.69, 9.17) is 0 Å². The van der Waals surface area contributed by atoms with Crippen LogP contribution in [0.25, 0.3) is 10.9 Å². The number of nitrogens with one attached hydrogen (secondary N) is 1. The van der Waals surface area contributed by atoms with Gasteiger partial charge in [-0.15, -0.1) is 5.10 Å². The van der Waals surface area contributed by atoms with Crippen molar-refractivity contribution in [2.75, 3.05) is 0 Å². The van der Waals surface area contributed by atoms with Crippen LogP contribution in [0.2, 0.25) is 0 Å². The van der Waals surface area contributed by atoms with E-state index in [1.165, 1.54) is 24.0 Å². The molecule has 4 aromatic rings. The number of nitrogens with zero attached hydrogens (tertiary/aromatic N) is 5. The van der Waals surface area contributed by atoms with Crippen molar-refractivity contribution in [1.29, 1.82) is 0 Å². The van der Waals surface area contributed by atoms with Gasteiger partial charge < -0.3 is 4.98 Å². The summed E-state index contributed by atoms with van der Waals surface area (Å²) in [6.45, 7) is 5.51. The molecule has 1 N–H and O–H groups in total. The van der Waals surface area contributed by atoms with Crippen LogP contribution >= 0.6 is 0 Å². The van der Waals surface area contributed by atoms with E-state index in [1.807, 2.05) is 35.0 Å². The minimum atomic E-state index is -0.0107. The third-order valence-electron chi connectivity index (χ3n) is 7.22. The van der Waals surface area contributed by atoms with E-state index in [0.29, 0.717) is 19.1 Å². The molecule has 2 aromatic heterocycles. The molecule has 0 radical (unpaired) electrons. The lowest BCUT2D eigenvalue weighted by Gasteiger charge is -2.35. The van der Waals surface area contributed by atoms with Crippen LogP contribution in [0.5, 0.6) is 0 Å². The van der Waals surface area contributed by atoms with Gasteiger partial charge in [0, 0.05) is 23.7 Å². The molecular weight excluding hydrogens is 436 g/mol. The maximum Gasteiger partial charge on any atom is 0.252 e. The highest BCUT2D eigenvalue weighted by Gasteiger charge is 2.33. The highest BCUT2D eigenvalue weighted by Crippen LogP contribution is 2.34. The number of benzene rings is 2. The lowest BCUT2D eigenvalue weighted by molar-refractivity contribution is 0.108. The molecule has 1 atom stereocenters. The second-order valence-corrected chi connectivity index (χ2v) is 9.81. The number of pyridine rings is 1. The highest BCUT2D eigenvalue weighted by molar-refractivity contribution is 5.79. The number of hydrogen-bond donors (Lipinski definition) is 1. The summed E-state index contributed by atoms with van der Waals surface area (Å²) >= 11 is 0. The molecule has 0 bridgehead atoms. The fourth-order valence-electron chi connectivity index (χ4n) is 5.45. The number of tetrazole rings is 1. The highest BCUT2D eigenvalue weighted by atomic mass is 16.1. The first kappa shape index (κ1) is 23.4. The zero-order chi connectivity index (χ0) is 24.2. The van der Waals surface area contributed by atoms with Crippen molar-refractivity contribution in [2.24, 2.45) is 0 Å². The third-order valence-corrected chi connectivity index (χ3v) is 7.22. The Morgan fingerprint density at radius 1 is 1.11 bits per heavy atom. The average Bonchev–Trinajstić information content (AvgIpc) is 3.55. The standard InChI is InChI=1S/C28H34N6O/c1-3-9-26(27-30-31-32-34(27)18-21-10-5-4-6-11-21)33(24-12-7-8-13-24)19-23-17-22-16-20(2)14-15-25(22)29-28(23)35/h4-6,10-11,14-17,24,26H,3,7-9,12-13,18-19H2,1-2H3,(H,29,35)/t26-/m0/s1. The van der Waals surface area contributed by atoms with Crippen LogP contribution in [0.4, 0.5) is 0 Å². The van der Waals surface area contributed by atoms with Gasteiger partial charge in [-0.05, 0) is 65.8 Å². The van der Waals surface area contributed by atoms with Crippen molar-refractivity contribution in [1.82, 2.24) is 30.1 Å². The van der Waals surface area contributed by atoms with Crippen LogP contribution in [0, 0.1) is 6.92 Å². The van der Waals surface area contributed by atoms with Gasteiger partial charge in [-0.2, -0.15) is 0 Å². The lowest BCUT2D eigenvalue weighted by Crippen LogP contribution is -2.39. The van der Waals surface area contributed by atoms with E-state index in [-0.39, 0.29) is 11.6 Å². The van der Waals surface area contributed by atoms with Gasteiger partial charge in [0.05, 0.1) is 12.6 Å². The summed E-state index contributed by atoms with van der Waals surface area (Å²) in [6, 6.07) is 19.0. The van der Waals surface area contributed by atoms with E-state index >= 15 is 0 Å². The number of aryl methyl sites for hydroxylation is 1. The molecule has 0 aliphatic heterocycles. The van der Waals surface area contributed by atoms with Crippen molar-refractivity contribution in [3.63, 3.8) is 0 Å². The maximum atomic E-state index is 13.1. The number of H-pyrrole nitrogens is 1. The zero-order valence-corrected chi connectivity index (χ0v) is 20.7. The molecule has 1 aliphatic carbocycles. The summed E-state index contributed by atoms with van der Waals surface area (Å²) in [7, 11) is 0. The Balaban J connectivity index is 1.52. The Morgan fingerprint density at radius 3 is 2.69 bits per heavy atom. The van der Waals surface area contributed by atoms with Crippen molar-refractivity contribution < 1.29 is 0 Å². The number of aromatic nitrogens is 5. The largest absolute Gasteiger partial charge is 0.322 e. The van der Waals surface area contributed by atoms with Gasteiger partial charge in [-0.3, -0.25) is 9.69 Å². The molecule has 0 amide bonds. The quantitative estimate of drug-likeness (QED) is 0.366. The number of rotatable bonds is 9.